The molecule has 1 saturated heterocycles. The zero-order valence-corrected chi connectivity index (χ0v) is 10.3. The van der Waals surface area contributed by atoms with Gasteiger partial charge in [0.25, 0.3) is 0 Å². The molecule has 3 N–H and O–H groups in total. The molecule has 1 aromatic rings. The lowest BCUT2D eigenvalue weighted by Gasteiger charge is -2.20. The lowest BCUT2D eigenvalue weighted by Crippen LogP contribution is -2.31. The van der Waals surface area contributed by atoms with Gasteiger partial charge in [-0.15, -0.1) is 0 Å². The van der Waals surface area contributed by atoms with E-state index < -0.39 is 0 Å². The van der Waals surface area contributed by atoms with E-state index in [1.54, 1.807) is 6.07 Å². The number of hydrogen-bond donors (Lipinski definition) is 2. The fourth-order valence-corrected chi connectivity index (χ4v) is 2.34. The van der Waals surface area contributed by atoms with Gasteiger partial charge in [0.15, 0.2) is 0 Å². The largest absolute Gasteiger partial charge is 0.397 e. The van der Waals surface area contributed by atoms with Crippen LogP contribution in [0.5, 0.6) is 0 Å². The van der Waals surface area contributed by atoms with Gasteiger partial charge in [-0.05, 0) is 44.6 Å². The van der Waals surface area contributed by atoms with Gasteiger partial charge in [-0.2, -0.15) is 0 Å². The van der Waals surface area contributed by atoms with E-state index in [0.29, 0.717) is 16.8 Å². The van der Waals surface area contributed by atoms with Crippen molar-refractivity contribution in [3.05, 3.63) is 23.2 Å². The summed E-state index contributed by atoms with van der Waals surface area (Å²) in [6, 6.07) is 6.20. The van der Waals surface area contributed by atoms with Crippen LogP contribution < -0.4 is 11.1 Å². The first-order chi connectivity index (χ1) is 7.66. The third-order valence-corrected chi connectivity index (χ3v) is 3.45. The molecule has 16 heavy (non-hydrogen) atoms. The molecule has 1 atom stereocenters. The van der Waals surface area contributed by atoms with Crippen LogP contribution in [0.2, 0.25) is 5.02 Å². The molecule has 0 saturated carbocycles. The van der Waals surface area contributed by atoms with Crippen molar-refractivity contribution in [3.63, 3.8) is 0 Å². The molecule has 88 valence electrons. The Morgan fingerprint density at radius 3 is 3.00 bits per heavy atom. The minimum Gasteiger partial charge on any atom is -0.397 e. The van der Waals surface area contributed by atoms with Crippen molar-refractivity contribution < 1.29 is 0 Å². The summed E-state index contributed by atoms with van der Waals surface area (Å²) in [7, 11) is 2.17. The number of halogens is 1. The molecule has 1 aliphatic rings. The molecule has 0 amide bonds. The average Bonchev–Trinajstić information content (AvgIpc) is 2.63. The average molecular weight is 240 g/mol. The number of anilines is 2. The second-order valence-corrected chi connectivity index (χ2v) is 4.83. The Balaban J connectivity index is 1.94. The maximum atomic E-state index is 5.88. The number of hydrogen-bond acceptors (Lipinski definition) is 3. The SMILES string of the molecule is CN1CCCC1CNc1ccc(Cl)cc1N. The zero-order valence-electron chi connectivity index (χ0n) is 9.54. The van der Waals surface area contributed by atoms with Gasteiger partial charge >= 0.3 is 0 Å². The molecule has 4 heteroatoms. The van der Waals surface area contributed by atoms with Crippen LogP contribution >= 0.6 is 11.6 Å². The number of nitrogens with one attached hydrogen (secondary N) is 1. The van der Waals surface area contributed by atoms with Gasteiger partial charge in [-0.25, -0.2) is 0 Å². The number of nitrogen functional groups attached to an aromatic ring is 1. The van der Waals surface area contributed by atoms with E-state index in [1.807, 2.05) is 12.1 Å². The number of likely N-dealkylation sites (tertiary alicyclic amines) is 1. The first-order valence-corrected chi connectivity index (χ1v) is 6.04. The number of rotatable bonds is 3. The molecule has 1 fully saturated rings. The fraction of sp³-hybridized carbons (Fsp3) is 0.500. The monoisotopic (exact) mass is 239 g/mol. The molecule has 1 heterocycles. The number of nitrogens with two attached hydrogens (primary N) is 1. The van der Waals surface area contributed by atoms with E-state index in [2.05, 4.69) is 17.3 Å². The van der Waals surface area contributed by atoms with Crippen LogP contribution in [0.1, 0.15) is 12.8 Å². The van der Waals surface area contributed by atoms with Gasteiger partial charge in [-0.3, -0.25) is 0 Å². The highest BCUT2D eigenvalue weighted by Crippen LogP contribution is 2.23. The van der Waals surface area contributed by atoms with E-state index >= 15 is 0 Å². The van der Waals surface area contributed by atoms with Crippen LogP contribution in [-0.2, 0) is 0 Å². The fourth-order valence-electron chi connectivity index (χ4n) is 2.16. The molecule has 1 aromatic carbocycles. The van der Waals surface area contributed by atoms with Gasteiger partial charge in [-0.1, -0.05) is 11.6 Å². The number of nitrogens with zero attached hydrogens (tertiary/aromatic N) is 1. The first-order valence-electron chi connectivity index (χ1n) is 5.66. The molecule has 0 aliphatic carbocycles. The molecule has 0 bridgehead atoms. The molecule has 1 unspecified atom stereocenters. The van der Waals surface area contributed by atoms with E-state index in [4.69, 9.17) is 17.3 Å². The standard InChI is InChI=1S/C12H18ClN3/c1-16-6-2-3-10(16)8-15-12-5-4-9(13)7-11(12)14/h4-5,7,10,15H,2-3,6,8,14H2,1H3. The van der Waals surface area contributed by atoms with Crippen LogP contribution in [0.25, 0.3) is 0 Å². The topological polar surface area (TPSA) is 41.3 Å². The maximum absolute atomic E-state index is 5.88. The minimum absolute atomic E-state index is 0.620. The Bertz CT molecular complexity index is 367. The number of benzene rings is 1. The van der Waals surface area contributed by atoms with Crippen molar-refractivity contribution in [1.82, 2.24) is 4.90 Å². The third-order valence-electron chi connectivity index (χ3n) is 3.21. The molecule has 3 nitrogen and oxygen atoms in total. The Kier molecular flexibility index (Phi) is 3.56. The van der Waals surface area contributed by atoms with E-state index in [1.165, 1.54) is 19.4 Å². The van der Waals surface area contributed by atoms with Crippen LogP contribution in [0.4, 0.5) is 11.4 Å². The summed E-state index contributed by atoms with van der Waals surface area (Å²) < 4.78 is 0. The predicted octanol–water partition coefficient (Wildman–Crippen LogP) is 2.43. The second kappa shape index (κ2) is 4.93. The summed E-state index contributed by atoms with van der Waals surface area (Å²) in [6.07, 6.45) is 2.55. The van der Waals surface area contributed by atoms with Crippen molar-refractivity contribution in [1.29, 1.82) is 0 Å². The van der Waals surface area contributed by atoms with Crippen LogP contribution in [0.3, 0.4) is 0 Å². The van der Waals surface area contributed by atoms with E-state index in [0.717, 1.165) is 12.2 Å². The smallest absolute Gasteiger partial charge is 0.0575 e. The lowest BCUT2D eigenvalue weighted by atomic mass is 10.2. The molecular weight excluding hydrogens is 222 g/mol. The molecule has 2 rings (SSSR count). The lowest BCUT2D eigenvalue weighted by molar-refractivity contribution is 0.322. The van der Waals surface area contributed by atoms with E-state index in [9.17, 15) is 0 Å². The van der Waals surface area contributed by atoms with Crippen molar-refractivity contribution >= 4 is 23.0 Å². The highest BCUT2D eigenvalue weighted by molar-refractivity contribution is 6.31. The van der Waals surface area contributed by atoms with Crippen LogP contribution in [-0.4, -0.2) is 31.1 Å². The molecular formula is C12H18ClN3. The highest BCUT2D eigenvalue weighted by Gasteiger charge is 2.20. The molecule has 0 radical (unpaired) electrons. The minimum atomic E-state index is 0.620. The van der Waals surface area contributed by atoms with Crippen LogP contribution in [0, 0.1) is 0 Å². The zero-order chi connectivity index (χ0) is 11.5. The van der Waals surface area contributed by atoms with Gasteiger partial charge < -0.3 is 16.0 Å². The summed E-state index contributed by atoms with van der Waals surface area (Å²) in [5.74, 6) is 0. The maximum Gasteiger partial charge on any atom is 0.0575 e. The summed E-state index contributed by atoms with van der Waals surface area (Å²) in [5.41, 5.74) is 7.57. The summed E-state index contributed by atoms with van der Waals surface area (Å²) >= 11 is 5.85. The molecule has 0 aromatic heterocycles. The summed E-state index contributed by atoms with van der Waals surface area (Å²) in [5, 5.41) is 4.07. The van der Waals surface area contributed by atoms with Crippen molar-refractivity contribution in [2.45, 2.75) is 18.9 Å². The van der Waals surface area contributed by atoms with Gasteiger partial charge in [0, 0.05) is 17.6 Å². The van der Waals surface area contributed by atoms with Crippen LogP contribution in [0.15, 0.2) is 18.2 Å². The van der Waals surface area contributed by atoms with Gasteiger partial charge in [0.2, 0.25) is 0 Å². The highest BCUT2D eigenvalue weighted by atomic mass is 35.5. The second-order valence-electron chi connectivity index (χ2n) is 4.39. The van der Waals surface area contributed by atoms with Gasteiger partial charge in [0.05, 0.1) is 11.4 Å². The normalized spacial score (nSPS) is 21.2. The summed E-state index contributed by atoms with van der Waals surface area (Å²) in [6.45, 7) is 2.14. The van der Waals surface area contributed by atoms with Crippen molar-refractivity contribution in [2.24, 2.45) is 0 Å². The Hall–Kier alpha value is -0.930. The Morgan fingerprint density at radius 1 is 1.56 bits per heavy atom. The van der Waals surface area contributed by atoms with Gasteiger partial charge in [0.1, 0.15) is 0 Å². The third kappa shape index (κ3) is 2.60. The van der Waals surface area contributed by atoms with E-state index in [-0.39, 0.29) is 0 Å². The molecule has 0 spiro atoms. The Labute approximate surface area is 102 Å². The van der Waals surface area contributed by atoms with Crippen molar-refractivity contribution in [3.8, 4) is 0 Å². The quantitative estimate of drug-likeness (QED) is 0.797. The predicted molar refractivity (Wildman–Crippen MR) is 70.0 cm³/mol. The van der Waals surface area contributed by atoms with Crippen molar-refractivity contribution in [2.75, 3.05) is 31.2 Å². The first kappa shape index (κ1) is 11.6. The number of likely N-dealkylation sites (N-methyl/N-ethyl adjacent to an activating group) is 1. The Morgan fingerprint density at radius 2 is 2.38 bits per heavy atom. The summed E-state index contributed by atoms with van der Waals surface area (Å²) in [4.78, 5) is 2.39. The molecule has 1 aliphatic heterocycles.